The van der Waals surface area contributed by atoms with Crippen LogP contribution in [0.25, 0.3) is 0 Å². The van der Waals surface area contributed by atoms with Gasteiger partial charge in [0.25, 0.3) is 5.91 Å². The Hall–Kier alpha value is -1.97. The van der Waals surface area contributed by atoms with Gasteiger partial charge in [-0.2, -0.15) is 5.26 Å². The van der Waals surface area contributed by atoms with E-state index in [0.29, 0.717) is 10.2 Å². The van der Waals surface area contributed by atoms with Crippen molar-refractivity contribution in [2.24, 2.45) is 0 Å². The molecule has 1 amide bonds. The Morgan fingerprint density at radius 1 is 1.26 bits per heavy atom. The van der Waals surface area contributed by atoms with Gasteiger partial charge >= 0.3 is 7.60 Å². The fourth-order valence-corrected chi connectivity index (χ4v) is 3.09. The molecule has 2 aromatic rings. The molecule has 118 valence electrons. The van der Waals surface area contributed by atoms with Gasteiger partial charge in [-0.05, 0) is 29.8 Å². The van der Waals surface area contributed by atoms with Gasteiger partial charge in [0.1, 0.15) is 6.07 Å². The average Bonchev–Trinajstić information content (AvgIpc) is 2.47. The van der Waals surface area contributed by atoms with Crippen LogP contribution >= 0.6 is 23.5 Å². The third-order valence-electron chi connectivity index (χ3n) is 2.99. The second-order valence-corrected chi connectivity index (χ2v) is 7.30. The van der Waals surface area contributed by atoms with E-state index in [4.69, 9.17) is 15.0 Å². The van der Waals surface area contributed by atoms with Gasteiger partial charge in [0.15, 0.2) is 0 Å². The first-order valence-electron chi connectivity index (χ1n) is 6.43. The topological polar surface area (TPSA) is 110 Å². The third-order valence-corrected chi connectivity index (χ3v) is 4.23. The van der Waals surface area contributed by atoms with Gasteiger partial charge < -0.3 is 15.1 Å². The number of rotatable bonds is 4. The summed E-state index contributed by atoms with van der Waals surface area (Å²) in [7, 11) is -4.30. The van der Waals surface area contributed by atoms with E-state index in [1.165, 1.54) is 12.1 Å². The number of nitrogens with zero attached hydrogens (tertiary/aromatic N) is 1. The van der Waals surface area contributed by atoms with Crippen LogP contribution in [0.4, 0.5) is 5.69 Å². The number of amides is 1. The number of anilines is 1. The number of carbonyl (C=O) groups is 1. The van der Waals surface area contributed by atoms with Crippen molar-refractivity contribution in [3.8, 4) is 6.07 Å². The molecule has 0 saturated heterocycles. The van der Waals surface area contributed by atoms with E-state index in [0.717, 1.165) is 0 Å². The van der Waals surface area contributed by atoms with Gasteiger partial charge in [-0.15, -0.1) is 0 Å². The summed E-state index contributed by atoms with van der Waals surface area (Å²) in [6, 6.07) is 13.0. The molecule has 0 spiro atoms. The minimum absolute atomic E-state index is 0.155. The molecule has 2 aromatic carbocycles. The lowest BCUT2D eigenvalue weighted by Crippen LogP contribution is -2.15. The molecule has 0 aromatic heterocycles. The lowest BCUT2D eigenvalue weighted by Gasteiger charge is -2.12. The predicted molar refractivity (Wildman–Crippen MR) is 89.0 cm³/mol. The van der Waals surface area contributed by atoms with Crippen LogP contribution in [0.15, 0.2) is 46.9 Å². The lowest BCUT2D eigenvalue weighted by atomic mass is 10.1. The molecule has 0 bridgehead atoms. The number of nitriles is 1. The number of halogens is 1. The maximum absolute atomic E-state index is 12.4. The van der Waals surface area contributed by atoms with Crippen molar-refractivity contribution in [1.82, 2.24) is 0 Å². The first-order valence-corrected chi connectivity index (χ1v) is 9.03. The summed E-state index contributed by atoms with van der Waals surface area (Å²) < 4.78 is 11.9. The van der Waals surface area contributed by atoms with Crippen LogP contribution in [0, 0.1) is 11.3 Å². The van der Waals surface area contributed by atoms with Crippen molar-refractivity contribution in [2.75, 3.05) is 5.32 Å². The molecule has 23 heavy (non-hydrogen) atoms. The molecule has 6 nitrogen and oxygen atoms in total. The zero-order chi connectivity index (χ0) is 17.0. The Labute approximate surface area is 141 Å². The molecular formula is C15H12BrN2O4P. The van der Waals surface area contributed by atoms with Crippen LogP contribution in [0.1, 0.15) is 21.5 Å². The van der Waals surface area contributed by atoms with Gasteiger partial charge in [0, 0.05) is 10.0 Å². The first-order chi connectivity index (χ1) is 10.8. The summed E-state index contributed by atoms with van der Waals surface area (Å²) >= 11 is 3.24. The molecule has 0 radical (unpaired) electrons. The van der Waals surface area contributed by atoms with Crippen molar-refractivity contribution in [3.05, 3.63) is 63.6 Å². The maximum atomic E-state index is 12.4. The van der Waals surface area contributed by atoms with Crippen molar-refractivity contribution < 1.29 is 19.1 Å². The van der Waals surface area contributed by atoms with Crippen LogP contribution in [0.3, 0.4) is 0 Å². The van der Waals surface area contributed by atoms with Crippen LogP contribution in [0.5, 0.6) is 0 Å². The van der Waals surface area contributed by atoms with E-state index in [-0.39, 0.29) is 16.7 Å². The van der Waals surface area contributed by atoms with Crippen molar-refractivity contribution in [2.45, 2.75) is 6.16 Å². The summed E-state index contributed by atoms with van der Waals surface area (Å²) in [5.74, 6) is -0.534. The monoisotopic (exact) mass is 394 g/mol. The Morgan fingerprint density at radius 2 is 1.96 bits per heavy atom. The van der Waals surface area contributed by atoms with Crippen molar-refractivity contribution in [3.63, 3.8) is 0 Å². The van der Waals surface area contributed by atoms with Crippen molar-refractivity contribution in [1.29, 1.82) is 5.26 Å². The summed E-state index contributed by atoms with van der Waals surface area (Å²) in [6.07, 6.45) is -0.526. The zero-order valence-electron chi connectivity index (χ0n) is 11.7. The Balaban J connectivity index is 2.32. The number of nitrogens with one attached hydrogen (secondary N) is 1. The predicted octanol–water partition coefficient (Wildman–Crippen LogP) is 3.25. The second kappa shape index (κ2) is 7.07. The molecule has 3 N–H and O–H groups in total. The average molecular weight is 395 g/mol. The summed E-state index contributed by atoms with van der Waals surface area (Å²) in [5.41, 5.74) is 1.00. The maximum Gasteiger partial charge on any atom is 0.329 e. The molecule has 0 unspecified atom stereocenters. The van der Waals surface area contributed by atoms with Gasteiger partial charge in [0.2, 0.25) is 0 Å². The van der Waals surface area contributed by atoms with E-state index in [1.807, 2.05) is 6.07 Å². The Morgan fingerprint density at radius 3 is 2.61 bits per heavy atom. The molecule has 8 heteroatoms. The zero-order valence-corrected chi connectivity index (χ0v) is 14.2. The molecule has 0 aliphatic rings. The molecule has 2 rings (SSSR count). The van der Waals surface area contributed by atoms with E-state index in [9.17, 15) is 9.36 Å². The largest absolute Gasteiger partial charge is 0.329 e. The highest BCUT2D eigenvalue weighted by molar-refractivity contribution is 9.10. The van der Waals surface area contributed by atoms with Gasteiger partial charge in [-0.25, -0.2) is 0 Å². The number of hydrogen-bond donors (Lipinski definition) is 3. The summed E-state index contributed by atoms with van der Waals surface area (Å²) in [5, 5.41) is 11.7. The molecule has 0 aliphatic carbocycles. The number of benzene rings is 2. The van der Waals surface area contributed by atoms with Gasteiger partial charge in [0.05, 0.1) is 17.4 Å². The molecular weight excluding hydrogens is 383 g/mol. The molecule has 0 atom stereocenters. The van der Waals surface area contributed by atoms with Crippen LogP contribution in [0.2, 0.25) is 0 Å². The fraction of sp³-hybridized carbons (Fsp3) is 0.0667. The molecule has 0 saturated carbocycles. The smallest absolute Gasteiger partial charge is 0.324 e. The highest BCUT2D eigenvalue weighted by Gasteiger charge is 2.20. The lowest BCUT2D eigenvalue weighted by molar-refractivity contribution is 0.102. The molecule has 0 heterocycles. The number of carbonyl (C=O) groups excluding carboxylic acids is 1. The van der Waals surface area contributed by atoms with Gasteiger partial charge in [-0.1, -0.05) is 34.1 Å². The second-order valence-electron chi connectivity index (χ2n) is 4.74. The first kappa shape index (κ1) is 17.4. The van der Waals surface area contributed by atoms with Crippen LogP contribution in [-0.4, -0.2) is 15.7 Å². The third kappa shape index (κ3) is 4.75. The summed E-state index contributed by atoms with van der Waals surface area (Å²) in [4.78, 5) is 30.6. The van der Waals surface area contributed by atoms with E-state index in [1.54, 1.807) is 30.3 Å². The fourth-order valence-electron chi connectivity index (χ4n) is 2.01. The molecule has 0 fully saturated rings. The normalized spacial score (nSPS) is 10.9. The standard InChI is InChI=1S/C15H12BrN2O4P/c16-12-5-6-14(11(7-12)8-17)18-15(19)13-4-2-1-3-10(13)9-23(20,21)22/h1-7H,9H2,(H,18,19)(H2,20,21,22). The van der Waals surface area contributed by atoms with Crippen LogP contribution in [-0.2, 0) is 10.7 Å². The van der Waals surface area contributed by atoms with E-state index < -0.39 is 19.7 Å². The van der Waals surface area contributed by atoms with E-state index >= 15 is 0 Å². The highest BCUT2D eigenvalue weighted by Crippen LogP contribution is 2.40. The van der Waals surface area contributed by atoms with Gasteiger partial charge in [-0.3, -0.25) is 9.36 Å². The van der Waals surface area contributed by atoms with Crippen molar-refractivity contribution >= 4 is 35.1 Å². The Kier molecular flexibility index (Phi) is 5.34. The summed E-state index contributed by atoms with van der Waals surface area (Å²) in [6.45, 7) is 0. The molecule has 0 aliphatic heterocycles. The minimum atomic E-state index is -4.30. The number of hydrogen-bond acceptors (Lipinski definition) is 3. The SMILES string of the molecule is N#Cc1cc(Br)ccc1NC(=O)c1ccccc1CP(=O)(O)O. The Bertz CT molecular complexity index is 842. The van der Waals surface area contributed by atoms with E-state index in [2.05, 4.69) is 21.2 Å². The van der Waals surface area contributed by atoms with Crippen LogP contribution < -0.4 is 5.32 Å². The quantitative estimate of drug-likeness (QED) is 0.689. The highest BCUT2D eigenvalue weighted by atomic mass is 79.9. The minimum Gasteiger partial charge on any atom is -0.324 e.